The van der Waals surface area contributed by atoms with Crippen molar-refractivity contribution >= 4 is 17.6 Å². The molecule has 1 saturated carbocycles. The summed E-state index contributed by atoms with van der Waals surface area (Å²) in [7, 11) is 0. The lowest BCUT2D eigenvalue weighted by atomic mass is 10.1. The van der Waals surface area contributed by atoms with Crippen LogP contribution in [0.5, 0.6) is 0 Å². The van der Waals surface area contributed by atoms with Crippen molar-refractivity contribution in [3.05, 3.63) is 60.4 Å². The highest BCUT2D eigenvalue weighted by Gasteiger charge is 2.47. The molecule has 6 heteroatoms. The number of pyridine rings is 1. The monoisotopic (exact) mass is 336 g/mol. The number of urea groups is 1. The van der Waals surface area contributed by atoms with E-state index in [1.165, 1.54) is 5.56 Å². The second-order valence-corrected chi connectivity index (χ2v) is 6.61. The second kappa shape index (κ2) is 6.55. The lowest BCUT2D eigenvalue weighted by Crippen LogP contribution is -2.40. The Balaban J connectivity index is 1.31. The van der Waals surface area contributed by atoms with Gasteiger partial charge in [0.05, 0.1) is 17.9 Å². The third-order valence-corrected chi connectivity index (χ3v) is 4.80. The van der Waals surface area contributed by atoms with Gasteiger partial charge in [-0.1, -0.05) is 30.3 Å². The second-order valence-electron chi connectivity index (χ2n) is 6.61. The first-order valence-corrected chi connectivity index (χ1v) is 8.52. The van der Waals surface area contributed by atoms with Gasteiger partial charge in [-0.05, 0) is 24.1 Å². The van der Waals surface area contributed by atoms with Crippen molar-refractivity contribution in [3.63, 3.8) is 0 Å². The Labute approximate surface area is 146 Å². The summed E-state index contributed by atoms with van der Waals surface area (Å²) >= 11 is 0. The maximum absolute atomic E-state index is 12.3. The molecule has 1 aromatic carbocycles. The number of nitrogens with one attached hydrogen (secondary N) is 2. The minimum atomic E-state index is -0.303. The zero-order valence-electron chi connectivity index (χ0n) is 13.8. The van der Waals surface area contributed by atoms with E-state index in [0.29, 0.717) is 24.6 Å². The van der Waals surface area contributed by atoms with Crippen molar-refractivity contribution < 1.29 is 9.59 Å². The Bertz CT molecular complexity index is 766. The van der Waals surface area contributed by atoms with Crippen LogP contribution in [-0.2, 0) is 4.79 Å². The van der Waals surface area contributed by atoms with Gasteiger partial charge in [-0.15, -0.1) is 0 Å². The summed E-state index contributed by atoms with van der Waals surface area (Å²) < 4.78 is 0. The van der Waals surface area contributed by atoms with Crippen LogP contribution in [0.25, 0.3) is 0 Å². The van der Waals surface area contributed by atoms with Crippen LogP contribution in [0.2, 0.25) is 0 Å². The summed E-state index contributed by atoms with van der Waals surface area (Å²) in [5.41, 5.74) is 1.92. The van der Waals surface area contributed by atoms with E-state index in [9.17, 15) is 9.59 Å². The molecular formula is C19H20N4O2. The van der Waals surface area contributed by atoms with Crippen LogP contribution in [-0.4, -0.2) is 40.5 Å². The van der Waals surface area contributed by atoms with E-state index >= 15 is 0 Å². The van der Waals surface area contributed by atoms with Gasteiger partial charge in [0.15, 0.2) is 0 Å². The standard InChI is InChI=1S/C19H20N4O2/c24-18-9-15(22-19(25)21-14-7-4-8-20-11-14)12-23(18)17-10-16(17)13-5-2-1-3-6-13/h1-8,11,15-17H,9-10,12H2,(H2,21,22,25)/t15-,16+,17-/m1/s1. The zero-order valence-corrected chi connectivity index (χ0v) is 13.8. The Morgan fingerprint density at radius 1 is 1.16 bits per heavy atom. The first kappa shape index (κ1) is 15.6. The number of rotatable bonds is 4. The Kier molecular flexibility index (Phi) is 4.09. The molecule has 1 saturated heterocycles. The van der Waals surface area contributed by atoms with Crippen molar-refractivity contribution in [1.82, 2.24) is 15.2 Å². The molecule has 4 rings (SSSR count). The smallest absolute Gasteiger partial charge is 0.319 e. The highest BCUT2D eigenvalue weighted by molar-refractivity contribution is 5.90. The van der Waals surface area contributed by atoms with Gasteiger partial charge in [0.25, 0.3) is 0 Å². The molecule has 25 heavy (non-hydrogen) atoms. The van der Waals surface area contributed by atoms with Gasteiger partial charge in [-0.3, -0.25) is 9.78 Å². The minimum absolute atomic E-state index is 0.120. The molecule has 0 radical (unpaired) electrons. The predicted molar refractivity (Wildman–Crippen MR) is 94.1 cm³/mol. The van der Waals surface area contributed by atoms with Crippen LogP contribution in [0.4, 0.5) is 10.5 Å². The van der Waals surface area contributed by atoms with Crippen LogP contribution in [0.1, 0.15) is 24.3 Å². The number of carbonyl (C=O) groups is 2. The molecule has 2 N–H and O–H groups in total. The van der Waals surface area contributed by atoms with E-state index < -0.39 is 0 Å². The molecule has 2 aromatic rings. The van der Waals surface area contributed by atoms with Crippen molar-refractivity contribution in [2.24, 2.45) is 0 Å². The van der Waals surface area contributed by atoms with Crippen LogP contribution in [0.15, 0.2) is 54.9 Å². The fourth-order valence-corrected chi connectivity index (χ4v) is 3.52. The third-order valence-electron chi connectivity index (χ3n) is 4.80. The number of aromatic nitrogens is 1. The molecule has 3 amide bonds. The summed E-state index contributed by atoms with van der Waals surface area (Å²) in [4.78, 5) is 30.3. The van der Waals surface area contributed by atoms with E-state index in [2.05, 4.69) is 27.8 Å². The number of hydrogen-bond donors (Lipinski definition) is 2. The zero-order chi connectivity index (χ0) is 17.2. The number of benzene rings is 1. The fraction of sp³-hybridized carbons (Fsp3) is 0.316. The van der Waals surface area contributed by atoms with Gasteiger partial charge in [-0.25, -0.2) is 4.79 Å². The molecule has 128 valence electrons. The van der Waals surface area contributed by atoms with Crippen molar-refractivity contribution in [2.75, 3.05) is 11.9 Å². The summed E-state index contributed by atoms with van der Waals surface area (Å²) in [6, 6.07) is 13.6. The number of carbonyl (C=O) groups excluding carboxylic acids is 2. The van der Waals surface area contributed by atoms with Crippen molar-refractivity contribution in [2.45, 2.75) is 30.8 Å². The minimum Gasteiger partial charge on any atom is -0.337 e. The Hall–Kier alpha value is -2.89. The molecule has 2 heterocycles. The van der Waals surface area contributed by atoms with Gasteiger partial charge in [0.1, 0.15) is 0 Å². The van der Waals surface area contributed by atoms with Gasteiger partial charge >= 0.3 is 6.03 Å². The number of hydrogen-bond acceptors (Lipinski definition) is 3. The van der Waals surface area contributed by atoms with Crippen molar-refractivity contribution in [3.8, 4) is 0 Å². The number of nitrogens with zero attached hydrogens (tertiary/aromatic N) is 2. The SMILES string of the molecule is O=C(Nc1cccnc1)N[C@@H]1CC(=O)N([C@@H]2C[C@H]2c2ccccc2)C1. The van der Waals surface area contributed by atoms with Crippen LogP contribution in [0, 0.1) is 0 Å². The maximum Gasteiger partial charge on any atom is 0.319 e. The fourth-order valence-electron chi connectivity index (χ4n) is 3.52. The molecule has 1 aliphatic carbocycles. The first-order valence-electron chi connectivity index (χ1n) is 8.52. The van der Waals surface area contributed by atoms with Crippen LogP contribution < -0.4 is 10.6 Å². The van der Waals surface area contributed by atoms with Crippen LogP contribution in [0.3, 0.4) is 0 Å². The summed E-state index contributed by atoms with van der Waals surface area (Å²) in [6.45, 7) is 0.577. The first-order chi connectivity index (χ1) is 12.2. The van der Waals surface area contributed by atoms with Gasteiger partial charge in [-0.2, -0.15) is 0 Å². The molecule has 3 atom stereocenters. The van der Waals surface area contributed by atoms with Crippen LogP contribution >= 0.6 is 0 Å². The number of anilines is 1. The predicted octanol–water partition coefficient (Wildman–Crippen LogP) is 2.36. The summed E-state index contributed by atoms with van der Waals surface area (Å²) in [5, 5.41) is 5.62. The van der Waals surface area contributed by atoms with E-state index in [1.807, 2.05) is 23.1 Å². The van der Waals surface area contributed by atoms with E-state index in [-0.39, 0.29) is 24.0 Å². The quantitative estimate of drug-likeness (QED) is 0.900. The van der Waals surface area contributed by atoms with Crippen molar-refractivity contribution in [1.29, 1.82) is 0 Å². The average Bonchev–Trinajstić information content (AvgIpc) is 3.33. The average molecular weight is 336 g/mol. The highest BCUT2D eigenvalue weighted by atomic mass is 16.2. The van der Waals surface area contributed by atoms with E-state index in [4.69, 9.17) is 0 Å². The molecule has 2 fully saturated rings. The molecule has 0 unspecified atom stereocenters. The largest absolute Gasteiger partial charge is 0.337 e. The molecule has 1 aliphatic heterocycles. The molecule has 1 aromatic heterocycles. The van der Waals surface area contributed by atoms with Gasteiger partial charge in [0.2, 0.25) is 5.91 Å². The summed E-state index contributed by atoms with van der Waals surface area (Å²) in [5.74, 6) is 0.545. The maximum atomic E-state index is 12.3. The highest BCUT2D eigenvalue weighted by Crippen LogP contribution is 2.45. The van der Waals surface area contributed by atoms with Gasteiger partial charge in [0, 0.05) is 31.1 Å². The number of amides is 3. The van der Waals surface area contributed by atoms with Gasteiger partial charge < -0.3 is 15.5 Å². The number of likely N-dealkylation sites (tertiary alicyclic amines) is 1. The molecule has 0 spiro atoms. The molecule has 6 nitrogen and oxygen atoms in total. The Morgan fingerprint density at radius 2 is 2.00 bits per heavy atom. The normalized spacial score (nSPS) is 24.9. The third kappa shape index (κ3) is 3.47. The molecule has 2 aliphatic rings. The topological polar surface area (TPSA) is 74.3 Å². The molecule has 0 bridgehead atoms. The lowest BCUT2D eigenvalue weighted by molar-refractivity contribution is -0.128. The van der Waals surface area contributed by atoms with E-state index in [1.54, 1.807) is 24.5 Å². The lowest BCUT2D eigenvalue weighted by Gasteiger charge is -2.17. The summed E-state index contributed by atoms with van der Waals surface area (Å²) in [6.07, 6.45) is 4.60. The molecular weight excluding hydrogens is 316 g/mol. The Morgan fingerprint density at radius 3 is 2.76 bits per heavy atom. The van der Waals surface area contributed by atoms with E-state index in [0.717, 1.165) is 6.42 Å².